The molecular weight excluding hydrogens is 967 g/mol. The molecule has 12 nitrogen and oxygen atoms in total. The second kappa shape index (κ2) is 20.6. The van der Waals surface area contributed by atoms with Crippen LogP contribution in [0.5, 0.6) is 0 Å². The molecule has 2 fully saturated rings. The number of hydrogen-bond donors (Lipinski definition) is 2. The maximum atomic E-state index is 14.8. The molecule has 16 heteroatoms. The number of ether oxygens (including phenoxy) is 1. The third kappa shape index (κ3) is 9.31. The molecule has 2 N–H and O–H groups in total. The van der Waals surface area contributed by atoms with Crippen molar-refractivity contribution in [3.8, 4) is 10.8 Å². The van der Waals surface area contributed by atoms with Gasteiger partial charge in [-0.3, -0.25) is 14.5 Å². The summed E-state index contributed by atoms with van der Waals surface area (Å²) in [6, 6.07) is 53.1. The van der Waals surface area contributed by atoms with E-state index in [1.165, 1.54) is 34.4 Å². The number of fused-ring (bicyclic) bond motifs is 1. The number of amides is 2. The number of carbonyl (C=O) groups excluding carboxylic acids is 2. The van der Waals surface area contributed by atoms with E-state index in [1.54, 1.807) is 10.3 Å². The Morgan fingerprint density at radius 3 is 1.92 bits per heavy atom. The quantitative estimate of drug-likeness (QED) is 0.0314. The van der Waals surface area contributed by atoms with Gasteiger partial charge in [0.25, 0.3) is 17.7 Å². The molecule has 1 saturated carbocycles. The van der Waals surface area contributed by atoms with E-state index in [1.807, 2.05) is 133 Å². The Labute approximate surface area is 427 Å². The minimum atomic E-state index is -0.954. The number of oxime groups is 1. The lowest BCUT2D eigenvalue weighted by Gasteiger charge is -2.50. The number of anilines is 1. The summed E-state index contributed by atoms with van der Waals surface area (Å²) in [6.07, 6.45) is 2.94. The van der Waals surface area contributed by atoms with Gasteiger partial charge >= 0.3 is 0 Å². The summed E-state index contributed by atoms with van der Waals surface area (Å²) >= 11 is 10.5. The van der Waals surface area contributed by atoms with Crippen LogP contribution in [0, 0.1) is 0 Å². The number of hydrogen-bond acceptors (Lipinski definition) is 14. The van der Waals surface area contributed by atoms with Gasteiger partial charge in [0.1, 0.15) is 40.6 Å². The van der Waals surface area contributed by atoms with Gasteiger partial charge in [-0.2, -0.15) is 0 Å². The second-order valence-electron chi connectivity index (χ2n) is 17.1. The molecule has 354 valence electrons. The molecule has 0 bridgehead atoms. The molecular formula is C55H45N7O5S4. The number of benzene rings is 5. The largest absolute Gasteiger partial charge is 0.469 e. The zero-order valence-electron chi connectivity index (χ0n) is 38.0. The summed E-state index contributed by atoms with van der Waals surface area (Å²) in [5, 5.41) is 23.9. The number of rotatable bonds is 16. The zero-order chi connectivity index (χ0) is 48.2. The van der Waals surface area contributed by atoms with Crippen molar-refractivity contribution in [1.29, 1.82) is 0 Å². The van der Waals surface area contributed by atoms with Crippen molar-refractivity contribution in [1.82, 2.24) is 25.4 Å². The highest BCUT2D eigenvalue weighted by molar-refractivity contribution is 8.00. The lowest BCUT2D eigenvalue weighted by Crippen LogP contribution is -2.71. The average Bonchev–Trinajstić information content (AvgIpc) is 4.30. The van der Waals surface area contributed by atoms with E-state index in [0.29, 0.717) is 33.7 Å². The monoisotopic (exact) mass is 1010 g/mol. The van der Waals surface area contributed by atoms with Crippen molar-refractivity contribution in [2.45, 2.75) is 54.8 Å². The predicted octanol–water partition coefficient (Wildman–Crippen LogP) is 11.3. The van der Waals surface area contributed by atoms with Crippen LogP contribution in [0.1, 0.15) is 71.2 Å². The highest BCUT2D eigenvalue weighted by Gasteiger charge is 2.55. The van der Waals surface area contributed by atoms with Gasteiger partial charge in [-0.05, 0) is 77.2 Å². The van der Waals surface area contributed by atoms with Gasteiger partial charge in [0.15, 0.2) is 10.8 Å². The predicted molar refractivity (Wildman–Crippen MR) is 283 cm³/mol. The first-order chi connectivity index (χ1) is 34.9. The molecule has 1 saturated heterocycles. The minimum absolute atomic E-state index is 0.0335. The molecule has 1 aliphatic carbocycles. The zero-order valence-corrected chi connectivity index (χ0v) is 41.3. The molecule has 5 aromatic carbocycles. The number of β-lactam (4-membered cyclic amide) rings is 1. The van der Waals surface area contributed by atoms with Crippen LogP contribution in [0.15, 0.2) is 190 Å². The number of thiocarbonyl (C=S) groups is 1. The van der Waals surface area contributed by atoms with Crippen molar-refractivity contribution in [2.75, 3.05) is 11.1 Å². The number of nitrogens with zero attached hydrogens (tertiary/aromatic N) is 5. The summed E-state index contributed by atoms with van der Waals surface area (Å²) in [4.78, 5) is 43.0. The Hall–Kier alpha value is -7.24. The summed E-state index contributed by atoms with van der Waals surface area (Å²) in [5.74, 6) is -0.0897. The number of thiophene rings is 1. The van der Waals surface area contributed by atoms with Crippen LogP contribution in [-0.2, 0) is 24.7 Å². The van der Waals surface area contributed by atoms with Gasteiger partial charge in [0.2, 0.25) is 10.9 Å². The van der Waals surface area contributed by atoms with Crippen molar-refractivity contribution >= 4 is 79.9 Å². The van der Waals surface area contributed by atoms with E-state index in [0.717, 1.165) is 58.4 Å². The highest BCUT2D eigenvalue weighted by atomic mass is 32.2. The van der Waals surface area contributed by atoms with Crippen LogP contribution < -0.4 is 10.6 Å². The van der Waals surface area contributed by atoms with Gasteiger partial charge < -0.3 is 24.6 Å². The minimum Gasteiger partial charge on any atom is -0.469 e. The summed E-state index contributed by atoms with van der Waals surface area (Å²) in [6.45, 7) is 0. The van der Waals surface area contributed by atoms with E-state index in [9.17, 15) is 9.59 Å². The van der Waals surface area contributed by atoms with Crippen LogP contribution in [0.4, 0.5) is 5.13 Å². The van der Waals surface area contributed by atoms with Crippen molar-refractivity contribution < 1.29 is 23.6 Å². The third-order valence-electron chi connectivity index (χ3n) is 12.8. The second-order valence-corrected chi connectivity index (χ2v) is 20.4. The number of carbonyl (C=O) groups is 2. The molecule has 0 radical (unpaired) electrons. The van der Waals surface area contributed by atoms with E-state index >= 15 is 0 Å². The first kappa shape index (κ1) is 46.2. The molecule has 5 heterocycles. The molecule has 0 unspecified atom stereocenters. The molecule has 2 amide bonds. The van der Waals surface area contributed by atoms with Crippen molar-refractivity contribution in [3.63, 3.8) is 0 Å². The van der Waals surface area contributed by atoms with Gasteiger partial charge in [-0.15, -0.1) is 44.6 Å². The van der Waals surface area contributed by atoms with E-state index < -0.39 is 34.9 Å². The normalized spacial score (nSPS) is 17.2. The fraction of sp³-hybridized carbons (Fsp3) is 0.182. The SMILES string of the molecule is O=C(N[C@@H]1C(=O)N2C(C(=S)OC(c3ccccc3)c3ccccc3)=C(c3nnc(-c4cccs4)o3)CS[C@H]12)C(=NOC1CCCC1)c1csc(NC(c2ccccc2)(c2ccccc2)c2ccccc2)n1. The smallest absolute Gasteiger partial charge is 0.276 e. The van der Waals surface area contributed by atoms with Gasteiger partial charge in [0.05, 0.1) is 10.5 Å². The summed E-state index contributed by atoms with van der Waals surface area (Å²) in [7, 11) is 0. The number of thioether (sulfide) groups is 1. The van der Waals surface area contributed by atoms with Crippen LogP contribution >= 0.6 is 46.7 Å². The molecule has 0 spiro atoms. The Kier molecular flexibility index (Phi) is 13.4. The van der Waals surface area contributed by atoms with Crippen molar-refractivity contribution in [3.05, 3.63) is 220 Å². The van der Waals surface area contributed by atoms with Crippen LogP contribution in [0.3, 0.4) is 0 Å². The Balaban J connectivity index is 0.909. The lowest BCUT2D eigenvalue weighted by atomic mass is 9.77. The highest BCUT2D eigenvalue weighted by Crippen LogP contribution is 2.46. The molecule has 71 heavy (non-hydrogen) atoms. The first-order valence-electron chi connectivity index (χ1n) is 23.3. The number of nitrogens with one attached hydrogen (secondary N) is 2. The topological polar surface area (TPSA) is 144 Å². The third-order valence-corrected chi connectivity index (χ3v) is 15.9. The Bertz CT molecular complexity index is 3060. The van der Waals surface area contributed by atoms with E-state index in [-0.39, 0.29) is 22.8 Å². The van der Waals surface area contributed by atoms with Crippen molar-refractivity contribution in [2.24, 2.45) is 5.16 Å². The standard InChI is InChI=1S/C55H45N7O5S4/c63-48(44(61-67-40-29-16-17-30-40)42-34-71-54(56-42)58-55(37-23-10-3-11-24-37,38-25-12-4-13-26-38)39-27-14-5-15-28-39)57-45-51(64)62-46(41(33-70-52(45)62)49-59-60-50(66-49)43-31-18-32-69-43)53(68)65-47(35-19-6-1-7-20-35)36-21-8-2-9-22-36/h1-15,18-28,31-32,34,40,45,47,52H,16-17,29-30,33H2,(H,56,58)(H,57,63)/t45-,52-/m1/s1. The van der Waals surface area contributed by atoms with Crippen LogP contribution in [-0.4, -0.2) is 65.9 Å². The lowest BCUT2D eigenvalue weighted by molar-refractivity contribution is -0.144. The van der Waals surface area contributed by atoms with Gasteiger partial charge in [-0.25, -0.2) is 4.98 Å². The number of thiazole rings is 1. The average molecular weight is 1010 g/mol. The Morgan fingerprint density at radius 1 is 0.761 bits per heavy atom. The summed E-state index contributed by atoms with van der Waals surface area (Å²) in [5.41, 5.74) is 5.06. The number of aromatic nitrogens is 3. The molecule has 11 rings (SSSR count). The Morgan fingerprint density at radius 2 is 1.34 bits per heavy atom. The molecule has 8 aromatic rings. The molecule has 3 aliphatic rings. The van der Waals surface area contributed by atoms with Gasteiger partial charge in [-0.1, -0.05) is 163 Å². The van der Waals surface area contributed by atoms with E-state index in [2.05, 4.69) is 62.4 Å². The van der Waals surface area contributed by atoms with Gasteiger partial charge in [0, 0.05) is 11.1 Å². The molecule has 3 aromatic heterocycles. The molecule has 2 aliphatic heterocycles. The fourth-order valence-electron chi connectivity index (χ4n) is 9.28. The summed E-state index contributed by atoms with van der Waals surface area (Å²) < 4.78 is 13.0. The molecule has 2 atom stereocenters. The van der Waals surface area contributed by atoms with Crippen LogP contribution in [0.25, 0.3) is 16.3 Å². The maximum Gasteiger partial charge on any atom is 0.276 e. The fourth-order valence-corrected chi connectivity index (χ4v) is 12.3. The van der Waals surface area contributed by atoms with Crippen LogP contribution in [0.2, 0.25) is 0 Å². The van der Waals surface area contributed by atoms with E-state index in [4.69, 9.17) is 31.2 Å². The maximum absolute atomic E-state index is 14.8. The first-order valence-corrected chi connectivity index (χ1v) is 26.5.